The third-order valence-corrected chi connectivity index (χ3v) is 7.38. The van der Waals surface area contributed by atoms with Gasteiger partial charge in [-0.3, -0.25) is 4.98 Å². The second-order valence-electron chi connectivity index (χ2n) is 9.47. The van der Waals surface area contributed by atoms with Gasteiger partial charge in [-0.25, -0.2) is 15.0 Å². The fourth-order valence-electron chi connectivity index (χ4n) is 5.62. The van der Waals surface area contributed by atoms with Crippen molar-refractivity contribution >= 4 is 27.8 Å². The van der Waals surface area contributed by atoms with E-state index >= 15 is 0 Å². The average molecular weight is 465 g/mol. The van der Waals surface area contributed by atoms with E-state index in [0.717, 1.165) is 61.6 Å². The Kier molecular flexibility index (Phi) is 4.21. The van der Waals surface area contributed by atoms with Gasteiger partial charge in [0, 0.05) is 47.4 Å². The van der Waals surface area contributed by atoms with E-state index in [4.69, 9.17) is 9.97 Å². The predicted octanol–water partition coefficient (Wildman–Crippen LogP) is 4.40. The minimum atomic E-state index is -4.49. The Hall–Kier alpha value is -3.27. The van der Waals surface area contributed by atoms with Crippen molar-refractivity contribution in [3.05, 3.63) is 42.0 Å². The molecule has 0 bridgehead atoms. The number of alkyl halides is 3. The quantitative estimate of drug-likeness (QED) is 0.467. The van der Waals surface area contributed by atoms with Crippen LogP contribution in [0.1, 0.15) is 42.9 Å². The monoisotopic (exact) mass is 465 g/mol. The maximum absolute atomic E-state index is 13.4. The van der Waals surface area contributed by atoms with Crippen LogP contribution in [0.3, 0.4) is 0 Å². The van der Waals surface area contributed by atoms with Crippen LogP contribution in [0.2, 0.25) is 0 Å². The van der Waals surface area contributed by atoms with Crippen LogP contribution >= 0.6 is 0 Å². The lowest BCUT2D eigenvalue weighted by molar-refractivity contribution is -0.140. The third-order valence-electron chi connectivity index (χ3n) is 7.38. The summed E-state index contributed by atoms with van der Waals surface area (Å²) in [5.74, 6) is 1.74. The number of nitrogens with one attached hydrogen (secondary N) is 2. The molecule has 0 amide bonds. The molecule has 7 rings (SSSR count). The lowest BCUT2D eigenvalue weighted by Crippen LogP contribution is -2.35. The Morgan fingerprint density at radius 2 is 1.94 bits per heavy atom. The van der Waals surface area contributed by atoms with Crippen molar-refractivity contribution in [1.29, 1.82) is 0 Å². The van der Waals surface area contributed by atoms with Crippen molar-refractivity contribution in [2.24, 2.45) is 0 Å². The zero-order chi connectivity index (χ0) is 23.0. The number of anilines is 1. The van der Waals surface area contributed by atoms with Crippen LogP contribution in [0.15, 0.2) is 30.7 Å². The van der Waals surface area contributed by atoms with Gasteiger partial charge < -0.3 is 15.2 Å². The van der Waals surface area contributed by atoms with Crippen molar-refractivity contribution in [1.82, 2.24) is 30.2 Å². The Balaban J connectivity index is 1.46. The number of rotatable bonds is 3. The van der Waals surface area contributed by atoms with Crippen LogP contribution in [-0.2, 0) is 6.18 Å². The molecule has 1 saturated carbocycles. The van der Waals surface area contributed by atoms with Crippen LogP contribution in [0.25, 0.3) is 33.3 Å². The second-order valence-corrected chi connectivity index (χ2v) is 9.47. The van der Waals surface area contributed by atoms with Crippen molar-refractivity contribution in [2.75, 3.05) is 18.0 Å². The van der Waals surface area contributed by atoms with Gasteiger partial charge in [-0.1, -0.05) is 0 Å². The van der Waals surface area contributed by atoms with E-state index in [1.807, 2.05) is 6.20 Å². The van der Waals surface area contributed by atoms with Gasteiger partial charge >= 0.3 is 6.18 Å². The molecule has 0 radical (unpaired) electrons. The van der Waals surface area contributed by atoms with Crippen LogP contribution < -0.4 is 10.2 Å². The first-order valence-electron chi connectivity index (χ1n) is 11.7. The summed E-state index contributed by atoms with van der Waals surface area (Å²) < 4.78 is 40.1. The average Bonchev–Trinajstić information content (AvgIpc) is 3.20. The minimum Gasteiger partial charge on any atom is -0.351 e. The van der Waals surface area contributed by atoms with E-state index in [1.54, 1.807) is 12.3 Å². The highest BCUT2D eigenvalue weighted by molar-refractivity contribution is 5.97. The maximum Gasteiger partial charge on any atom is 0.431 e. The lowest BCUT2D eigenvalue weighted by atomic mass is 10.1. The molecule has 0 aromatic carbocycles. The standard InChI is InChI=1S/C24H22F3N7/c25-24(26,27)19-9-14-13(3-6-30-21(14)32-19)22-31-17-11-28-10-15(12-1-2-12)20(17)23(33-22)34-8-5-16-18(34)4-7-29-16/h3,6,9-12,16,18,29H,1-2,4-5,7-8H2,(H,30,32)/t16-,18-/m1/s1. The molecule has 2 atom stereocenters. The minimum absolute atomic E-state index is 0.168. The number of H-pyrrole nitrogens is 1. The molecule has 3 fully saturated rings. The smallest absolute Gasteiger partial charge is 0.351 e. The normalized spacial score (nSPS) is 22.7. The summed E-state index contributed by atoms with van der Waals surface area (Å²) in [6.07, 6.45) is 5.02. The maximum atomic E-state index is 13.4. The van der Waals surface area contributed by atoms with Crippen molar-refractivity contribution in [3.63, 3.8) is 0 Å². The summed E-state index contributed by atoms with van der Waals surface area (Å²) in [6, 6.07) is 3.57. The van der Waals surface area contributed by atoms with Gasteiger partial charge in [0.2, 0.25) is 0 Å². The first-order chi connectivity index (χ1) is 16.5. The Bertz CT molecular complexity index is 1430. The molecule has 2 aliphatic heterocycles. The summed E-state index contributed by atoms with van der Waals surface area (Å²) in [5.41, 5.74) is 1.77. The molecule has 4 aromatic rings. The van der Waals surface area contributed by atoms with E-state index < -0.39 is 11.9 Å². The topological polar surface area (TPSA) is 82.6 Å². The van der Waals surface area contributed by atoms with Gasteiger partial charge in [0.15, 0.2) is 5.82 Å². The van der Waals surface area contributed by atoms with Crippen LogP contribution in [0, 0.1) is 0 Å². The Morgan fingerprint density at radius 3 is 2.76 bits per heavy atom. The van der Waals surface area contributed by atoms with E-state index in [2.05, 4.69) is 25.2 Å². The molecule has 2 N–H and O–H groups in total. The van der Waals surface area contributed by atoms with Crippen molar-refractivity contribution in [3.8, 4) is 11.4 Å². The fraction of sp³-hybridized carbons (Fsp3) is 0.417. The largest absolute Gasteiger partial charge is 0.431 e. The van der Waals surface area contributed by atoms with E-state index in [9.17, 15) is 13.2 Å². The summed E-state index contributed by atoms with van der Waals surface area (Å²) in [6.45, 7) is 1.86. The summed E-state index contributed by atoms with van der Waals surface area (Å²) in [4.78, 5) is 23.2. The van der Waals surface area contributed by atoms with Gasteiger partial charge in [0.1, 0.15) is 17.2 Å². The molecule has 3 aliphatic rings. The molecule has 34 heavy (non-hydrogen) atoms. The molecule has 10 heteroatoms. The van der Waals surface area contributed by atoms with E-state index in [0.29, 0.717) is 34.8 Å². The van der Waals surface area contributed by atoms with Gasteiger partial charge in [-0.05, 0) is 55.8 Å². The Labute approximate surface area is 192 Å². The highest BCUT2D eigenvalue weighted by Gasteiger charge is 2.40. The first-order valence-corrected chi connectivity index (χ1v) is 11.7. The number of aromatic nitrogens is 5. The molecule has 6 heterocycles. The molecule has 2 saturated heterocycles. The first kappa shape index (κ1) is 20.1. The SMILES string of the molecule is FC(F)(F)c1cc2c(-c3nc(N4CC[C@H]5NCC[C@H]54)c4c(C5CC5)cncc4n3)ccnc2[nH]1. The van der Waals surface area contributed by atoms with Crippen LogP contribution in [0.4, 0.5) is 19.0 Å². The Morgan fingerprint density at radius 1 is 1.06 bits per heavy atom. The zero-order valence-electron chi connectivity index (χ0n) is 18.2. The number of hydrogen-bond donors (Lipinski definition) is 2. The number of aromatic amines is 1. The van der Waals surface area contributed by atoms with Gasteiger partial charge in [0.25, 0.3) is 0 Å². The summed E-state index contributed by atoms with van der Waals surface area (Å²) in [5, 5.41) is 4.97. The zero-order valence-corrected chi connectivity index (χ0v) is 18.2. The van der Waals surface area contributed by atoms with E-state index in [1.165, 1.54) is 11.8 Å². The fourth-order valence-corrected chi connectivity index (χ4v) is 5.62. The molecule has 7 nitrogen and oxygen atoms in total. The number of pyridine rings is 2. The lowest BCUT2D eigenvalue weighted by Gasteiger charge is -2.27. The van der Waals surface area contributed by atoms with Crippen molar-refractivity contribution in [2.45, 2.75) is 49.9 Å². The molecule has 1 aliphatic carbocycles. The third kappa shape index (κ3) is 3.08. The van der Waals surface area contributed by atoms with Gasteiger partial charge in [0.05, 0.1) is 11.7 Å². The highest BCUT2D eigenvalue weighted by Crippen LogP contribution is 2.46. The van der Waals surface area contributed by atoms with E-state index in [-0.39, 0.29) is 5.65 Å². The van der Waals surface area contributed by atoms with Crippen LogP contribution in [-0.4, -0.2) is 50.1 Å². The predicted molar refractivity (Wildman–Crippen MR) is 122 cm³/mol. The number of halogens is 3. The number of fused-ring (bicyclic) bond motifs is 3. The summed E-state index contributed by atoms with van der Waals surface area (Å²) in [7, 11) is 0. The highest BCUT2D eigenvalue weighted by atomic mass is 19.4. The molecular formula is C24H22F3N7. The molecular weight excluding hydrogens is 443 g/mol. The summed E-state index contributed by atoms with van der Waals surface area (Å²) >= 11 is 0. The van der Waals surface area contributed by atoms with Crippen molar-refractivity contribution < 1.29 is 13.2 Å². The van der Waals surface area contributed by atoms with Gasteiger partial charge in [-0.15, -0.1) is 0 Å². The molecule has 0 spiro atoms. The molecule has 174 valence electrons. The van der Waals surface area contributed by atoms with Crippen LogP contribution in [0.5, 0.6) is 0 Å². The van der Waals surface area contributed by atoms with Gasteiger partial charge in [-0.2, -0.15) is 13.2 Å². The second kappa shape index (κ2) is 7.11. The molecule has 0 unspecified atom stereocenters. The molecule has 4 aromatic heterocycles. The number of hydrogen-bond acceptors (Lipinski definition) is 6. The number of nitrogens with zero attached hydrogens (tertiary/aromatic N) is 5.